The molecule has 2 aliphatic rings. The van der Waals surface area contributed by atoms with Crippen LogP contribution in [0.5, 0.6) is 0 Å². The van der Waals surface area contributed by atoms with Crippen LogP contribution >= 0.6 is 0 Å². The highest BCUT2D eigenvalue weighted by molar-refractivity contribution is 6.10. The van der Waals surface area contributed by atoms with Crippen molar-refractivity contribution in [3.05, 3.63) is 35.2 Å². The molecule has 1 saturated heterocycles. The second-order valence-corrected chi connectivity index (χ2v) is 6.78. The summed E-state index contributed by atoms with van der Waals surface area (Å²) < 4.78 is 2.12. The predicted molar refractivity (Wildman–Crippen MR) is 90.6 cm³/mol. The van der Waals surface area contributed by atoms with Crippen LogP contribution < -0.4 is 0 Å². The Labute approximate surface area is 142 Å². The third-order valence-electron chi connectivity index (χ3n) is 5.22. The molecule has 3 rings (SSSR count). The fraction of sp³-hybridized carbons (Fsp3) is 0.526. The lowest BCUT2D eigenvalue weighted by atomic mass is 9.85. The third-order valence-corrected chi connectivity index (χ3v) is 5.22. The molecule has 24 heavy (non-hydrogen) atoms. The standard InChI is InChI=1S/C19H24N2O3/c1-4-9-20-12(2)10-16(13(20)3)17(22)11-21-18(23)14-7-5-6-8-15(14)19(21)24/h5-6,10,14-15H,4,7-9,11H2,1-3H3/t14-,15-/m0/s1. The van der Waals surface area contributed by atoms with Gasteiger partial charge in [-0.05, 0) is 39.2 Å². The quantitative estimate of drug-likeness (QED) is 0.474. The number of ketones is 1. The van der Waals surface area contributed by atoms with E-state index in [9.17, 15) is 14.4 Å². The lowest BCUT2D eigenvalue weighted by Gasteiger charge is -2.14. The van der Waals surface area contributed by atoms with Gasteiger partial charge >= 0.3 is 0 Å². The molecule has 1 aromatic rings. The first-order valence-corrected chi connectivity index (χ1v) is 8.65. The zero-order chi connectivity index (χ0) is 17.4. The number of rotatable bonds is 5. The number of fused-ring (bicyclic) bond motifs is 1. The van der Waals surface area contributed by atoms with Gasteiger partial charge in [0.15, 0.2) is 5.78 Å². The molecule has 1 aliphatic carbocycles. The van der Waals surface area contributed by atoms with Gasteiger partial charge in [-0.1, -0.05) is 19.1 Å². The van der Waals surface area contributed by atoms with Crippen molar-refractivity contribution >= 4 is 17.6 Å². The van der Waals surface area contributed by atoms with Crippen LogP contribution in [-0.4, -0.2) is 33.6 Å². The highest BCUT2D eigenvalue weighted by atomic mass is 16.2. The van der Waals surface area contributed by atoms with E-state index in [4.69, 9.17) is 0 Å². The molecule has 2 heterocycles. The van der Waals surface area contributed by atoms with E-state index in [0.29, 0.717) is 18.4 Å². The van der Waals surface area contributed by atoms with Gasteiger partial charge < -0.3 is 4.57 Å². The number of carbonyl (C=O) groups is 3. The Kier molecular flexibility index (Phi) is 4.43. The summed E-state index contributed by atoms with van der Waals surface area (Å²) in [6.07, 6.45) is 6.10. The van der Waals surface area contributed by atoms with Crippen molar-refractivity contribution in [2.24, 2.45) is 11.8 Å². The molecule has 1 aromatic heterocycles. The van der Waals surface area contributed by atoms with Gasteiger partial charge in [-0.25, -0.2) is 0 Å². The number of hydrogen-bond donors (Lipinski definition) is 0. The summed E-state index contributed by atoms with van der Waals surface area (Å²) in [7, 11) is 0. The van der Waals surface area contributed by atoms with Crippen LogP contribution in [0.25, 0.3) is 0 Å². The molecule has 1 aliphatic heterocycles. The lowest BCUT2D eigenvalue weighted by molar-refractivity contribution is -0.139. The maximum absolute atomic E-state index is 12.7. The Morgan fingerprint density at radius 1 is 1.12 bits per heavy atom. The molecule has 0 bridgehead atoms. The van der Waals surface area contributed by atoms with Crippen molar-refractivity contribution in [1.29, 1.82) is 0 Å². The van der Waals surface area contributed by atoms with Gasteiger partial charge in [0.05, 0.1) is 18.4 Å². The molecule has 5 heteroatoms. The van der Waals surface area contributed by atoms with Crippen molar-refractivity contribution in [3.8, 4) is 0 Å². The van der Waals surface area contributed by atoms with Crippen LogP contribution in [0.3, 0.4) is 0 Å². The molecule has 0 unspecified atom stereocenters. The number of allylic oxidation sites excluding steroid dienone is 2. The molecule has 0 N–H and O–H groups in total. The van der Waals surface area contributed by atoms with Crippen molar-refractivity contribution in [3.63, 3.8) is 0 Å². The molecule has 1 fully saturated rings. The van der Waals surface area contributed by atoms with Crippen molar-refractivity contribution in [1.82, 2.24) is 9.47 Å². The highest BCUT2D eigenvalue weighted by Gasteiger charge is 2.47. The molecule has 2 amide bonds. The monoisotopic (exact) mass is 328 g/mol. The normalized spacial score (nSPS) is 23.0. The van der Waals surface area contributed by atoms with Gasteiger partial charge in [0.25, 0.3) is 0 Å². The molecule has 0 spiro atoms. The Hall–Kier alpha value is -2.17. The van der Waals surface area contributed by atoms with Gasteiger partial charge in [-0.2, -0.15) is 0 Å². The summed E-state index contributed by atoms with van der Waals surface area (Å²) in [5.41, 5.74) is 2.57. The smallest absolute Gasteiger partial charge is 0.233 e. The fourth-order valence-electron chi connectivity index (χ4n) is 3.90. The largest absolute Gasteiger partial charge is 0.348 e. The summed E-state index contributed by atoms with van der Waals surface area (Å²) in [6, 6.07) is 1.87. The maximum Gasteiger partial charge on any atom is 0.233 e. The van der Waals surface area contributed by atoms with Gasteiger partial charge in [-0.3, -0.25) is 19.3 Å². The summed E-state index contributed by atoms with van der Waals surface area (Å²) in [5.74, 6) is -1.08. The van der Waals surface area contributed by atoms with Crippen LogP contribution in [0.15, 0.2) is 18.2 Å². The number of imide groups is 1. The zero-order valence-corrected chi connectivity index (χ0v) is 14.5. The fourth-order valence-corrected chi connectivity index (χ4v) is 3.90. The number of likely N-dealkylation sites (tertiary alicyclic amines) is 1. The van der Waals surface area contributed by atoms with E-state index in [1.165, 1.54) is 4.90 Å². The Balaban J connectivity index is 1.79. The summed E-state index contributed by atoms with van der Waals surface area (Å²) >= 11 is 0. The van der Waals surface area contributed by atoms with Crippen molar-refractivity contribution < 1.29 is 14.4 Å². The van der Waals surface area contributed by atoms with E-state index in [1.807, 2.05) is 32.1 Å². The second-order valence-electron chi connectivity index (χ2n) is 6.78. The Morgan fingerprint density at radius 3 is 2.25 bits per heavy atom. The van der Waals surface area contributed by atoms with Crippen LogP contribution in [0.1, 0.15) is 47.9 Å². The molecule has 2 atom stereocenters. The molecule has 0 saturated carbocycles. The zero-order valence-electron chi connectivity index (χ0n) is 14.5. The minimum atomic E-state index is -0.275. The van der Waals surface area contributed by atoms with Gasteiger partial charge in [0, 0.05) is 23.5 Å². The van der Waals surface area contributed by atoms with Crippen LogP contribution in [-0.2, 0) is 16.1 Å². The van der Waals surface area contributed by atoms with E-state index in [0.717, 1.165) is 24.4 Å². The minimum absolute atomic E-state index is 0.138. The van der Waals surface area contributed by atoms with Crippen molar-refractivity contribution in [2.75, 3.05) is 6.54 Å². The molecule has 128 valence electrons. The van der Waals surface area contributed by atoms with E-state index in [1.54, 1.807) is 0 Å². The second kappa shape index (κ2) is 6.38. The van der Waals surface area contributed by atoms with E-state index >= 15 is 0 Å². The summed E-state index contributed by atoms with van der Waals surface area (Å²) in [4.78, 5) is 38.9. The number of amides is 2. The van der Waals surface area contributed by atoms with Crippen molar-refractivity contribution in [2.45, 2.75) is 46.6 Å². The number of carbonyl (C=O) groups excluding carboxylic acids is 3. The maximum atomic E-state index is 12.7. The summed E-state index contributed by atoms with van der Waals surface area (Å²) in [6.45, 7) is 6.72. The number of aromatic nitrogens is 1. The van der Waals surface area contributed by atoms with E-state index in [-0.39, 0.29) is 36.0 Å². The first-order valence-electron chi connectivity index (χ1n) is 8.65. The molecule has 0 radical (unpaired) electrons. The average molecular weight is 328 g/mol. The lowest BCUT2D eigenvalue weighted by Crippen LogP contribution is -2.36. The van der Waals surface area contributed by atoms with Crippen LogP contribution in [0, 0.1) is 25.7 Å². The summed E-state index contributed by atoms with van der Waals surface area (Å²) in [5, 5.41) is 0. The minimum Gasteiger partial charge on any atom is -0.348 e. The van der Waals surface area contributed by atoms with E-state index in [2.05, 4.69) is 11.5 Å². The Bertz CT molecular complexity index is 703. The van der Waals surface area contributed by atoms with Crippen LogP contribution in [0.4, 0.5) is 0 Å². The molecule has 5 nitrogen and oxygen atoms in total. The van der Waals surface area contributed by atoms with Crippen LogP contribution in [0.2, 0.25) is 0 Å². The number of hydrogen-bond acceptors (Lipinski definition) is 3. The van der Waals surface area contributed by atoms with Gasteiger partial charge in [-0.15, -0.1) is 0 Å². The number of Topliss-reactive ketones (excluding diaryl/α,β-unsaturated/α-hetero) is 1. The highest BCUT2D eigenvalue weighted by Crippen LogP contribution is 2.35. The molecular weight excluding hydrogens is 304 g/mol. The number of aryl methyl sites for hydroxylation is 1. The first-order chi connectivity index (χ1) is 11.5. The van der Waals surface area contributed by atoms with E-state index < -0.39 is 0 Å². The first kappa shape index (κ1) is 16.7. The number of nitrogens with zero attached hydrogens (tertiary/aromatic N) is 2. The van der Waals surface area contributed by atoms with Gasteiger partial charge in [0.1, 0.15) is 0 Å². The average Bonchev–Trinajstić information content (AvgIpc) is 2.99. The predicted octanol–water partition coefficient (Wildman–Crippen LogP) is 2.65. The topological polar surface area (TPSA) is 59.4 Å². The Morgan fingerprint density at radius 2 is 1.71 bits per heavy atom. The molecule has 0 aromatic carbocycles. The SMILES string of the molecule is CCCn1c(C)cc(C(=O)CN2C(=O)[C@H]3CC=CC[C@@H]3C2=O)c1C. The third kappa shape index (κ3) is 2.62. The van der Waals surface area contributed by atoms with Gasteiger partial charge in [0.2, 0.25) is 11.8 Å². The molecular formula is C19H24N2O3.